The van der Waals surface area contributed by atoms with Crippen molar-refractivity contribution in [3.63, 3.8) is 0 Å². The second kappa shape index (κ2) is 7.95. The van der Waals surface area contributed by atoms with Crippen molar-refractivity contribution in [2.24, 2.45) is 0 Å². The maximum Gasteiger partial charge on any atom is 0.269 e. The number of nitrogens with zero attached hydrogens (tertiary/aromatic N) is 1. The zero-order valence-electron chi connectivity index (χ0n) is 12.0. The molecule has 0 aromatic heterocycles. The van der Waals surface area contributed by atoms with Gasteiger partial charge in [0.15, 0.2) is 0 Å². The molecule has 2 rings (SSSR count). The van der Waals surface area contributed by atoms with Crippen molar-refractivity contribution < 1.29 is 14.8 Å². The van der Waals surface area contributed by atoms with E-state index in [1.54, 1.807) is 12.1 Å². The molecule has 1 N–H and O–H groups in total. The van der Waals surface area contributed by atoms with Gasteiger partial charge in [-0.3, -0.25) is 10.1 Å². The normalized spacial score (nSPS) is 10.8. The summed E-state index contributed by atoms with van der Waals surface area (Å²) >= 11 is 0. The minimum Gasteiger partial charge on any atom is -0.494 e. The van der Waals surface area contributed by atoms with E-state index in [1.165, 1.54) is 12.1 Å². The van der Waals surface area contributed by atoms with Gasteiger partial charge >= 0.3 is 0 Å². The third-order valence-electron chi connectivity index (χ3n) is 3.02. The fourth-order valence-corrected chi connectivity index (χ4v) is 1.83. The fourth-order valence-electron chi connectivity index (χ4n) is 1.83. The molecule has 0 spiro atoms. The Morgan fingerprint density at radius 2 is 1.55 bits per heavy atom. The van der Waals surface area contributed by atoms with E-state index in [1.807, 2.05) is 36.4 Å². The van der Waals surface area contributed by atoms with Crippen molar-refractivity contribution in [2.45, 2.75) is 6.42 Å². The summed E-state index contributed by atoms with van der Waals surface area (Å²) in [5, 5.41) is 19.3. The van der Waals surface area contributed by atoms with Gasteiger partial charge in [0.2, 0.25) is 0 Å². The molecule has 0 aliphatic heterocycles. The van der Waals surface area contributed by atoms with Crippen LogP contribution in [0.5, 0.6) is 5.75 Å². The van der Waals surface area contributed by atoms with Crippen molar-refractivity contribution >= 4 is 17.8 Å². The Labute approximate surface area is 128 Å². The zero-order valence-corrected chi connectivity index (χ0v) is 12.0. The first-order valence-electron chi connectivity index (χ1n) is 6.95. The van der Waals surface area contributed by atoms with Gasteiger partial charge in [-0.1, -0.05) is 24.3 Å². The molecule has 0 bridgehead atoms. The lowest BCUT2D eigenvalue weighted by molar-refractivity contribution is -0.384. The Bertz CT molecular complexity index is 633. The van der Waals surface area contributed by atoms with Gasteiger partial charge in [-0.15, -0.1) is 0 Å². The molecule has 5 nitrogen and oxygen atoms in total. The number of non-ortho nitro benzene ring substituents is 1. The van der Waals surface area contributed by atoms with Gasteiger partial charge in [-0.25, -0.2) is 0 Å². The van der Waals surface area contributed by atoms with E-state index < -0.39 is 4.92 Å². The second-order valence-corrected chi connectivity index (χ2v) is 4.68. The lowest BCUT2D eigenvalue weighted by atomic mass is 10.1. The van der Waals surface area contributed by atoms with Crippen molar-refractivity contribution in [2.75, 3.05) is 13.2 Å². The van der Waals surface area contributed by atoms with Crippen LogP contribution in [0.1, 0.15) is 17.5 Å². The van der Waals surface area contributed by atoms with Crippen LogP contribution in [-0.2, 0) is 0 Å². The Hall–Kier alpha value is -2.66. The number of nitro groups is 1. The molecule has 0 aliphatic carbocycles. The van der Waals surface area contributed by atoms with Crippen molar-refractivity contribution in [1.29, 1.82) is 0 Å². The molecule has 0 heterocycles. The Kier molecular flexibility index (Phi) is 5.68. The summed E-state index contributed by atoms with van der Waals surface area (Å²) in [7, 11) is 0. The standard InChI is InChI=1S/C17H17NO4/c19-12-1-13-22-17-10-6-15(7-11-17)3-2-14-4-8-16(9-5-14)18(20)21/h2-11,19H,1,12-13H2/b3-2+. The summed E-state index contributed by atoms with van der Waals surface area (Å²) in [4.78, 5) is 10.2. The average molecular weight is 299 g/mol. The number of hydrogen-bond acceptors (Lipinski definition) is 4. The first kappa shape index (κ1) is 15.7. The van der Waals surface area contributed by atoms with Crippen LogP contribution in [0.2, 0.25) is 0 Å². The van der Waals surface area contributed by atoms with Crippen LogP contribution >= 0.6 is 0 Å². The summed E-state index contributed by atoms with van der Waals surface area (Å²) in [5.41, 5.74) is 1.99. The van der Waals surface area contributed by atoms with Crippen molar-refractivity contribution in [3.05, 3.63) is 69.8 Å². The van der Waals surface area contributed by atoms with Crippen LogP contribution in [-0.4, -0.2) is 23.2 Å². The first-order valence-corrected chi connectivity index (χ1v) is 6.95. The number of hydrogen-bond donors (Lipinski definition) is 1. The summed E-state index contributed by atoms with van der Waals surface area (Å²) in [6, 6.07) is 14.0. The van der Waals surface area contributed by atoms with E-state index in [4.69, 9.17) is 9.84 Å². The molecule has 0 fully saturated rings. The highest BCUT2D eigenvalue weighted by Gasteiger charge is 2.02. The van der Waals surface area contributed by atoms with Crippen molar-refractivity contribution in [1.82, 2.24) is 0 Å². The van der Waals surface area contributed by atoms with Crippen LogP contribution in [0.4, 0.5) is 5.69 Å². The fraction of sp³-hybridized carbons (Fsp3) is 0.176. The zero-order chi connectivity index (χ0) is 15.8. The van der Waals surface area contributed by atoms with E-state index >= 15 is 0 Å². The molecule has 22 heavy (non-hydrogen) atoms. The molecular weight excluding hydrogens is 282 g/mol. The van der Waals surface area contributed by atoms with Crippen LogP contribution in [0, 0.1) is 10.1 Å². The smallest absolute Gasteiger partial charge is 0.269 e. The van der Waals surface area contributed by atoms with Gasteiger partial charge in [0, 0.05) is 25.2 Å². The SMILES string of the molecule is O=[N+]([O-])c1ccc(/C=C/c2ccc(OCCCO)cc2)cc1. The quantitative estimate of drug-likeness (QED) is 0.367. The van der Waals surface area contributed by atoms with E-state index in [0.717, 1.165) is 16.9 Å². The van der Waals surface area contributed by atoms with Crippen LogP contribution in [0.25, 0.3) is 12.2 Å². The Morgan fingerprint density at radius 1 is 1.00 bits per heavy atom. The molecule has 114 valence electrons. The maximum absolute atomic E-state index is 10.6. The van der Waals surface area contributed by atoms with Gasteiger partial charge < -0.3 is 9.84 Å². The van der Waals surface area contributed by atoms with E-state index in [9.17, 15) is 10.1 Å². The summed E-state index contributed by atoms with van der Waals surface area (Å²) in [6.45, 7) is 0.616. The van der Waals surface area contributed by atoms with Crippen molar-refractivity contribution in [3.8, 4) is 5.75 Å². The summed E-state index contributed by atoms with van der Waals surface area (Å²) in [6.07, 6.45) is 4.44. The molecule has 0 saturated carbocycles. The molecule has 2 aromatic carbocycles. The molecule has 0 aliphatic rings. The topological polar surface area (TPSA) is 72.6 Å². The lowest BCUT2D eigenvalue weighted by Crippen LogP contribution is -1.99. The summed E-state index contributed by atoms with van der Waals surface area (Å²) < 4.78 is 5.45. The Morgan fingerprint density at radius 3 is 2.05 bits per heavy atom. The highest BCUT2D eigenvalue weighted by atomic mass is 16.6. The van der Waals surface area contributed by atoms with Gasteiger partial charge in [-0.2, -0.15) is 0 Å². The number of aliphatic hydroxyl groups is 1. The molecule has 5 heteroatoms. The molecule has 0 atom stereocenters. The number of rotatable bonds is 7. The molecule has 0 radical (unpaired) electrons. The molecule has 2 aromatic rings. The van der Waals surface area contributed by atoms with E-state index in [0.29, 0.717) is 13.0 Å². The molecule has 0 amide bonds. The molecular formula is C17H17NO4. The Balaban J connectivity index is 1.96. The average Bonchev–Trinajstić information content (AvgIpc) is 2.55. The van der Waals surface area contributed by atoms with Gasteiger partial charge in [0.25, 0.3) is 5.69 Å². The van der Waals surface area contributed by atoms with Gasteiger partial charge in [-0.05, 0) is 35.4 Å². The summed E-state index contributed by atoms with van der Waals surface area (Å²) in [5.74, 6) is 0.765. The highest BCUT2D eigenvalue weighted by molar-refractivity contribution is 5.70. The number of ether oxygens (including phenoxy) is 1. The van der Waals surface area contributed by atoms with Crippen LogP contribution < -0.4 is 4.74 Å². The third-order valence-corrected chi connectivity index (χ3v) is 3.02. The molecule has 0 unspecified atom stereocenters. The largest absolute Gasteiger partial charge is 0.494 e. The van der Waals surface area contributed by atoms with E-state index in [-0.39, 0.29) is 12.3 Å². The van der Waals surface area contributed by atoms with Crippen LogP contribution in [0.15, 0.2) is 48.5 Å². The highest BCUT2D eigenvalue weighted by Crippen LogP contribution is 2.16. The number of benzene rings is 2. The van der Waals surface area contributed by atoms with Crippen LogP contribution in [0.3, 0.4) is 0 Å². The number of aliphatic hydroxyl groups excluding tert-OH is 1. The monoisotopic (exact) mass is 299 g/mol. The van der Waals surface area contributed by atoms with Gasteiger partial charge in [0.05, 0.1) is 11.5 Å². The minimum atomic E-state index is -0.414. The minimum absolute atomic E-state index is 0.0848. The first-order chi connectivity index (χ1) is 10.7. The van der Waals surface area contributed by atoms with Gasteiger partial charge in [0.1, 0.15) is 5.75 Å². The predicted octanol–water partition coefficient (Wildman–Crippen LogP) is 3.53. The maximum atomic E-state index is 10.6. The molecule has 0 saturated heterocycles. The lowest BCUT2D eigenvalue weighted by Gasteiger charge is -2.04. The third kappa shape index (κ3) is 4.71. The number of nitro benzene ring substituents is 1. The predicted molar refractivity (Wildman–Crippen MR) is 85.7 cm³/mol. The second-order valence-electron chi connectivity index (χ2n) is 4.68. The van der Waals surface area contributed by atoms with E-state index in [2.05, 4.69) is 0 Å².